The van der Waals surface area contributed by atoms with E-state index in [1.165, 1.54) is 5.56 Å². The molecule has 1 aliphatic rings. The highest BCUT2D eigenvalue weighted by molar-refractivity contribution is 5.94. The Hall–Kier alpha value is -2.37. The molecule has 0 aromatic heterocycles. The van der Waals surface area contributed by atoms with E-state index >= 15 is 0 Å². The van der Waals surface area contributed by atoms with E-state index in [0.717, 1.165) is 37.5 Å². The third kappa shape index (κ3) is 5.08. The molecule has 1 atom stereocenters. The monoisotopic (exact) mass is 367 g/mol. The first-order valence-corrected chi connectivity index (χ1v) is 9.48. The lowest BCUT2D eigenvalue weighted by Crippen LogP contribution is -2.48. The summed E-state index contributed by atoms with van der Waals surface area (Å²) in [6.07, 6.45) is 0. The lowest BCUT2D eigenvalue weighted by molar-refractivity contribution is 0.0886. The van der Waals surface area contributed by atoms with Gasteiger partial charge in [-0.25, -0.2) is 0 Å². The second kappa shape index (κ2) is 9.02. The Morgan fingerprint density at radius 2 is 1.67 bits per heavy atom. The van der Waals surface area contributed by atoms with Gasteiger partial charge in [0, 0.05) is 38.3 Å². The molecule has 1 heterocycles. The zero-order valence-electron chi connectivity index (χ0n) is 16.4. The summed E-state index contributed by atoms with van der Waals surface area (Å²) >= 11 is 0. The lowest BCUT2D eigenvalue weighted by Gasteiger charge is -2.38. The van der Waals surface area contributed by atoms with Crippen LogP contribution in [-0.4, -0.2) is 62.6 Å². The van der Waals surface area contributed by atoms with Gasteiger partial charge in [0.15, 0.2) is 0 Å². The number of likely N-dealkylation sites (N-methyl/N-ethyl adjacent to an activating group) is 1. The first kappa shape index (κ1) is 19.4. The number of hydrogen-bond donors (Lipinski definition) is 1. The summed E-state index contributed by atoms with van der Waals surface area (Å²) < 4.78 is 5.28. The highest BCUT2D eigenvalue weighted by Crippen LogP contribution is 2.24. The van der Waals surface area contributed by atoms with Gasteiger partial charge < -0.3 is 15.0 Å². The minimum absolute atomic E-state index is 0.0253. The van der Waals surface area contributed by atoms with E-state index in [2.05, 4.69) is 34.3 Å². The third-order valence-corrected chi connectivity index (χ3v) is 5.25. The Labute approximate surface area is 161 Å². The fourth-order valence-electron chi connectivity index (χ4n) is 3.41. The van der Waals surface area contributed by atoms with Gasteiger partial charge in [0.2, 0.25) is 0 Å². The fourth-order valence-corrected chi connectivity index (χ4v) is 3.41. The minimum atomic E-state index is -0.0253. The van der Waals surface area contributed by atoms with Crippen molar-refractivity contribution >= 4 is 5.91 Å². The largest absolute Gasteiger partial charge is 0.497 e. The summed E-state index contributed by atoms with van der Waals surface area (Å²) in [5.41, 5.74) is 3.05. The molecule has 0 aliphatic carbocycles. The first-order chi connectivity index (χ1) is 13.1. The van der Waals surface area contributed by atoms with Crippen molar-refractivity contribution in [1.82, 2.24) is 15.1 Å². The summed E-state index contributed by atoms with van der Waals surface area (Å²) in [5, 5.41) is 3.13. The molecule has 0 bridgehead atoms. The molecule has 0 radical (unpaired) electrons. The average molecular weight is 367 g/mol. The van der Waals surface area contributed by atoms with Crippen molar-refractivity contribution in [2.75, 3.05) is 46.9 Å². The predicted molar refractivity (Wildman–Crippen MR) is 108 cm³/mol. The molecule has 1 saturated heterocycles. The van der Waals surface area contributed by atoms with Gasteiger partial charge >= 0.3 is 0 Å². The SMILES string of the molecule is COc1ccc([C@@H](CNC(=O)c2ccc(C)cc2)N2CCN(C)CC2)cc1. The number of carbonyl (C=O) groups excluding carboxylic acids is 1. The number of aryl methyl sites for hydroxylation is 1. The highest BCUT2D eigenvalue weighted by atomic mass is 16.5. The average Bonchev–Trinajstić information content (AvgIpc) is 2.70. The summed E-state index contributed by atoms with van der Waals surface area (Å²) in [6, 6.07) is 16.0. The summed E-state index contributed by atoms with van der Waals surface area (Å²) in [5.74, 6) is 0.821. The number of piperazine rings is 1. The van der Waals surface area contributed by atoms with Crippen LogP contribution in [0.15, 0.2) is 48.5 Å². The number of rotatable bonds is 6. The van der Waals surface area contributed by atoms with Crippen LogP contribution in [0.25, 0.3) is 0 Å². The second-order valence-electron chi connectivity index (χ2n) is 7.20. The van der Waals surface area contributed by atoms with Crippen LogP contribution in [0.1, 0.15) is 27.5 Å². The number of nitrogens with zero attached hydrogens (tertiary/aromatic N) is 2. The van der Waals surface area contributed by atoms with E-state index in [9.17, 15) is 4.79 Å². The first-order valence-electron chi connectivity index (χ1n) is 9.48. The molecule has 27 heavy (non-hydrogen) atoms. The fraction of sp³-hybridized carbons (Fsp3) is 0.409. The van der Waals surface area contributed by atoms with Crippen molar-refractivity contribution in [3.63, 3.8) is 0 Å². The maximum Gasteiger partial charge on any atom is 0.251 e. The Kier molecular flexibility index (Phi) is 6.48. The number of ether oxygens (including phenoxy) is 1. The van der Waals surface area contributed by atoms with Gasteiger partial charge in [0.25, 0.3) is 5.91 Å². The molecule has 2 aromatic carbocycles. The van der Waals surface area contributed by atoms with Crippen molar-refractivity contribution in [3.8, 4) is 5.75 Å². The van der Waals surface area contributed by atoms with Gasteiger partial charge in [0.05, 0.1) is 13.2 Å². The van der Waals surface area contributed by atoms with Crippen molar-refractivity contribution in [2.24, 2.45) is 0 Å². The number of nitrogens with one attached hydrogen (secondary N) is 1. The van der Waals surface area contributed by atoms with Crippen LogP contribution < -0.4 is 10.1 Å². The number of carbonyl (C=O) groups is 1. The molecule has 5 heteroatoms. The van der Waals surface area contributed by atoms with Crippen molar-refractivity contribution in [2.45, 2.75) is 13.0 Å². The zero-order valence-corrected chi connectivity index (χ0v) is 16.4. The van der Waals surface area contributed by atoms with E-state index in [0.29, 0.717) is 12.1 Å². The second-order valence-corrected chi connectivity index (χ2v) is 7.20. The van der Waals surface area contributed by atoms with Gasteiger partial charge in [-0.1, -0.05) is 29.8 Å². The van der Waals surface area contributed by atoms with Crippen molar-refractivity contribution < 1.29 is 9.53 Å². The van der Waals surface area contributed by atoms with Crippen LogP contribution in [0.5, 0.6) is 5.75 Å². The predicted octanol–water partition coefficient (Wildman–Crippen LogP) is 2.72. The minimum Gasteiger partial charge on any atom is -0.497 e. The van der Waals surface area contributed by atoms with Gasteiger partial charge in [-0.05, 0) is 43.8 Å². The van der Waals surface area contributed by atoms with Crippen LogP contribution in [0.3, 0.4) is 0 Å². The standard InChI is InChI=1S/C22H29N3O2/c1-17-4-6-19(7-5-17)22(26)23-16-21(25-14-12-24(2)13-15-25)18-8-10-20(27-3)11-9-18/h4-11,21H,12-16H2,1-3H3,(H,23,26)/t21-/m1/s1. The normalized spacial score (nSPS) is 16.7. The maximum absolute atomic E-state index is 12.6. The molecule has 0 spiro atoms. The zero-order chi connectivity index (χ0) is 19.2. The number of benzene rings is 2. The molecule has 144 valence electrons. The van der Waals surface area contributed by atoms with E-state index in [1.54, 1.807) is 7.11 Å². The quantitative estimate of drug-likeness (QED) is 0.853. The van der Waals surface area contributed by atoms with E-state index in [-0.39, 0.29) is 11.9 Å². The molecule has 1 aliphatic heterocycles. The number of methoxy groups -OCH3 is 1. The number of amides is 1. The van der Waals surface area contributed by atoms with Gasteiger partial charge in [-0.3, -0.25) is 9.69 Å². The maximum atomic E-state index is 12.6. The number of hydrogen-bond acceptors (Lipinski definition) is 4. The van der Waals surface area contributed by atoms with E-state index in [4.69, 9.17) is 4.74 Å². The molecule has 1 amide bonds. The van der Waals surface area contributed by atoms with Crippen LogP contribution in [0, 0.1) is 6.92 Å². The molecular weight excluding hydrogens is 338 g/mol. The van der Waals surface area contributed by atoms with Gasteiger partial charge in [0.1, 0.15) is 5.75 Å². The molecule has 3 rings (SSSR count). The summed E-state index contributed by atoms with van der Waals surface area (Å²) in [6.45, 7) is 6.68. The summed E-state index contributed by atoms with van der Waals surface area (Å²) in [4.78, 5) is 17.4. The molecule has 5 nitrogen and oxygen atoms in total. The third-order valence-electron chi connectivity index (χ3n) is 5.25. The Morgan fingerprint density at radius 1 is 1.04 bits per heavy atom. The van der Waals surface area contributed by atoms with Crippen LogP contribution in [-0.2, 0) is 0 Å². The van der Waals surface area contributed by atoms with Gasteiger partial charge in [-0.15, -0.1) is 0 Å². The Balaban J connectivity index is 1.72. The smallest absolute Gasteiger partial charge is 0.251 e. The van der Waals surface area contributed by atoms with Crippen molar-refractivity contribution in [3.05, 3.63) is 65.2 Å². The highest BCUT2D eigenvalue weighted by Gasteiger charge is 2.24. The van der Waals surface area contributed by atoms with Crippen LogP contribution in [0.2, 0.25) is 0 Å². The summed E-state index contributed by atoms with van der Waals surface area (Å²) in [7, 11) is 3.83. The Bertz CT molecular complexity index is 735. The molecule has 0 unspecified atom stereocenters. The van der Waals surface area contributed by atoms with Crippen LogP contribution >= 0.6 is 0 Å². The molecular formula is C22H29N3O2. The van der Waals surface area contributed by atoms with Crippen LogP contribution in [0.4, 0.5) is 0 Å². The lowest BCUT2D eigenvalue weighted by atomic mass is 10.0. The van der Waals surface area contributed by atoms with Gasteiger partial charge in [-0.2, -0.15) is 0 Å². The molecule has 1 fully saturated rings. The molecule has 2 aromatic rings. The van der Waals surface area contributed by atoms with Crippen molar-refractivity contribution in [1.29, 1.82) is 0 Å². The van der Waals surface area contributed by atoms with E-state index < -0.39 is 0 Å². The molecule has 0 saturated carbocycles. The van der Waals surface area contributed by atoms with E-state index in [1.807, 2.05) is 43.3 Å². The molecule has 1 N–H and O–H groups in total. The Morgan fingerprint density at radius 3 is 2.26 bits per heavy atom. The topological polar surface area (TPSA) is 44.8 Å².